The molecule has 256 valence electrons. The van der Waals surface area contributed by atoms with Crippen molar-refractivity contribution in [2.24, 2.45) is 0 Å². The van der Waals surface area contributed by atoms with Gasteiger partial charge in [-0.2, -0.15) is 4.58 Å². The highest BCUT2D eigenvalue weighted by Gasteiger charge is 2.50. The number of ether oxygens (including phenoxy) is 1. The molecule has 7 rings (SSSR count). The van der Waals surface area contributed by atoms with Crippen LogP contribution in [0.1, 0.15) is 43.9 Å². The second kappa shape index (κ2) is 13.9. The number of carbonyl (C=O) groups excluding carboxylic acids is 1. The van der Waals surface area contributed by atoms with Crippen molar-refractivity contribution < 1.29 is 24.0 Å². The summed E-state index contributed by atoms with van der Waals surface area (Å²) < 4.78 is 7.35. The van der Waals surface area contributed by atoms with E-state index in [0.717, 1.165) is 40.0 Å². The molecule has 2 aliphatic rings. The number of anilines is 1. The minimum atomic E-state index is -0.823. The summed E-state index contributed by atoms with van der Waals surface area (Å²) in [5.74, 6) is -0.823. The molecule has 1 N–H and O–H groups in total. The van der Waals surface area contributed by atoms with Gasteiger partial charge in [0.2, 0.25) is 5.69 Å². The van der Waals surface area contributed by atoms with Crippen molar-refractivity contribution in [3.63, 3.8) is 0 Å². The number of carboxylic acid groups (broad SMARTS) is 1. The third-order valence-corrected chi connectivity index (χ3v) is 10.6. The lowest BCUT2D eigenvalue weighted by molar-refractivity contribution is -0.435. The predicted molar refractivity (Wildman–Crippen MR) is 206 cm³/mol. The second-order valence-corrected chi connectivity index (χ2v) is 14.0. The first-order valence-electron chi connectivity index (χ1n) is 17.6. The van der Waals surface area contributed by atoms with Gasteiger partial charge in [-0.15, -0.1) is 0 Å². The monoisotopic (exact) mass is 675 g/mol. The first-order valence-corrected chi connectivity index (χ1v) is 17.6. The minimum Gasteiger partial charge on any atom is -0.481 e. The Bertz CT molecular complexity index is 2260. The van der Waals surface area contributed by atoms with E-state index in [2.05, 4.69) is 152 Å². The van der Waals surface area contributed by atoms with Gasteiger partial charge < -0.3 is 14.7 Å². The zero-order valence-electron chi connectivity index (χ0n) is 29.4. The van der Waals surface area contributed by atoms with Crippen LogP contribution in [0.25, 0.3) is 21.5 Å². The van der Waals surface area contributed by atoms with Gasteiger partial charge in [0.25, 0.3) is 6.47 Å². The van der Waals surface area contributed by atoms with Crippen molar-refractivity contribution in [2.75, 3.05) is 24.6 Å². The Labute approximate surface area is 299 Å². The van der Waals surface area contributed by atoms with Crippen LogP contribution in [0.5, 0.6) is 0 Å². The molecule has 0 aromatic heterocycles. The van der Waals surface area contributed by atoms with Crippen LogP contribution >= 0.6 is 0 Å². The lowest BCUT2D eigenvalue weighted by atomic mass is 9.72. The number of carboxylic acids is 1. The highest BCUT2D eigenvalue weighted by Crippen LogP contribution is 2.51. The van der Waals surface area contributed by atoms with Crippen LogP contribution in [0, 0.1) is 0 Å². The molecule has 0 radical (unpaired) electrons. The molecule has 0 saturated carbocycles. The summed E-state index contributed by atoms with van der Waals surface area (Å²) in [6.07, 6.45) is 11.3. The van der Waals surface area contributed by atoms with Crippen LogP contribution in [-0.2, 0) is 31.6 Å². The maximum Gasteiger partial charge on any atom is 0.309 e. The lowest BCUT2D eigenvalue weighted by Gasteiger charge is -2.26. The van der Waals surface area contributed by atoms with Gasteiger partial charge >= 0.3 is 5.97 Å². The Morgan fingerprint density at radius 1 is 0.804 bits per heavy atom. The Kier molecular flexibility index (Phi) is 9.17. The summed E-state index contributed by atoms with van der Waals surface area (Å²) in [7, 11) is 0. The standard InChI is InChI=1S/C45H42N2O4/c1-44(2)37-22-14-15-23-38(37)46(28-29-51-31-48)39(44)24-8-5-9-25-40-45(3,30-32-16-6-4-7-17-32)42-35-20-12-10-18-33(35)34-19-11-13-21-36(34)43(42)47(40)27-26-41(49)50/h4-25,31H,26-30H2,1-3H3/p+1. The van der Waals surface area contributed by atoms with Gasteiger partial charge in [-0.05, 0) is 58.8 Å². The van der Waals surface area contributed by atoms with Gasteiger partial charge in [0.05, 0.1) is 17.3 Å². The number of hydrogen-bond acceptors (Lipinski definition) is 4. The molecule has 0 fully saturated rings. The first-order chi connectivity index (χ1) is 24.8. The largest absolute Gasteiger partial charge is 0.481 e. The van der Waals surface area contributed by atoms with Crippen molar-refractivity contribution in [2.45, 2.75) is 44.4 Å². The van der Waals surface area contributed by atoms with Crippen molar-refractivity contribution in [1.82, 2.24) is 0 Å². The number of rotatable bonds is 12. The van der Waals surface area contributed by atoms with E-state index in [1.54, 1.807) is 0 Å². The molecule has 0 saturated heterocycles. The van der Waals surface area contributed by atoms with Gasteiger partial charge in [-0.3, -0.25) is 9.59 Å². The summed E-state index contributed by atoms with van der Waals surface area (Å²) in [6.45, 7) is 8.45. The van der Waals surface area contributed by atoms with Crippen LogP contribution in [0.3, 0.4) is 0 Å². The van der Waals surface area contributed by atoms with E-state index < -0.39 is 11.4 Å². The van der Waals surface area contributed by atoms with Gasteiger partial charge in [0.15, 0.2) is 12.3 Å². The fourth-order valence-corrected chi connectivity index (χ4v) is 8.34. The van der Waals surface area contributed by atoms with E-state index >= 15 is 0 Å². The summed E-state index contributed by atoms with van der Waals surface area (Å²) in [5, 5.41) is 14.6. The van der Waals surface area contributed by atoms with Crippen LogP contribution < -0.4 is 4.90 Å². The van der Waals surface area contributed by atoms with Crippen molar-refractivity contribution in [3.05, 3.63) is 156 Å². The van der Waals surface area contributed by atoms with Crippen LogP contribution in [0.15, 0.2) is 139 Å². The summed E-state index contributed by atoms with van der Waals surface area (Å²) >= 11 is 0. The number of allylic oxidation sites excluding steroid dienone is 6. The van der Waals surface area contributed by atoms with Crippen molar-refractivity contribution >= 4 is 51.1 Å². The molecule has 51 heavy (non-hydrogen) atoms. The van der Waals surface area contributed by atoms with Gasteiger partial charge in [-0.25, -0.2) is 0 Å². The molecule has 0 spiro atoms. The number of benzene rings is 5. The van der Waals surface area contributed by atoms with E-state index in [4.69, 9.17) is 4.74 Å². The molecule has 2 heterocycles. The third kappa shape index (κ3) is 6.05. The van der Waals surface area contributed by atoms with E-state index in [0.29, 0.717) is 26.2 Å². The Balaban J connectivity index is 1.35. The van der Waals surface area contributed by atoms with Gasteiger partial charge in [-0.1, -0.05) is 123 Å². The Morgan fingerprint density at radius 2 is 1.45 bits per heavy atom. The third-order valence-electron chi connectivity index (χ3n) is 10.6. The molecule has 0 aliphatic carbocycles. The minimum absolute atomic E-state index is 0.0145. The number of aliphatic carboxylic acids is 1. The highest BCUT2D eigenvalue weighted by atomic mass is 16.5. The molecule has 6 nitrogen and oxygen atoms in total. The Morgan fingerprint density at radius 3 is 2.18 bits per heavy atom. The molecule has 5 aromatic rings. The maximum absolute atomic E-state index is 12.1. The van der Waals surface area contributed by atoms with Crippen LogP contribution in [0.4, 0.5) is 11.4 Å². The summed E-state index contributed by atoms with van der Waals surface area (Å²) in [5.41, 5.74) is 7.40. The molecule has 1 unspecified atom stereocenters. The molecule has 1 atom stereocenters. The fourth-order valence-electron chi connectivity index (χ4n) is 8.34. The van der Waals surface area contributed by atoms with E-state index in [1.807, 2.05) is 12.1 Å². The van der Waals surface area contributed by atoms with Gasteiger partial charge in [0, 0.05) is 28.4 Å². The van der Waals surface area contributed by atoms with Crippen LogP contribution in [-0.4, -0.2) is 47.5 Å². The molecule has 0 bridgehead atoms. The Hall–Kier alpha value is -5.75. The maximum atomic E-state index is 12.1. The average molecular weight is 676 g/mol. The number of fused-ring (bicyclic) bond motifs is 7. The second-order valence-electron chi connectivity index (χ2n) is 14.0. The average Bonchev–Trinajstić information content (AvgIpc) is 3.51. The van der Waals surface area contributed by atoms with Crippen LogP contribution in [0.2, 0.25) is 0 Å². The normalized spacial score (nSPS) is 18.7. The smallest absolute Gasteiger partial charge is 0.309 e. The lowest BCUT2D eigenvalue weighted by Crippen LogP contribution is -2.34. The topological polar surface area (TPSA) is 69.8 Å². The zero-order chi connectivity index (χ0) is 35.6. The molecule has 2 aliphatic heterocycles. The predicted octanol–water partition coefficient (Wildman–Crippen LogP) is 9.03. The highest BCUT2D eigenvalue weighted by molar-refractivity contribution is 6.19. The van der Waals surface area contributed by atoms with Gasteiger partial charge in [0.1, 0.15) is 13.0 Å². The number of hydrogen-bond donors (Lipinski definition) is 1. The fraction of sp³-hybridized carbons (Fsp3) is 0.222. The number of para-hydroxylation sites is 1. The van der Waals surface area contributed by atoms with Crippen molar-refractivity contribution in [3.8, 4) is 0 Å². The molecular formula is C45H43N2O4+. The number of nitrogens with zero attached hydrogens (tertiary/aromatic N) is 2. The molecule has 0 amide bonds. The molecular weight excluding hydrogens is 633 g/mol. The SMILES string of the molecule is CC1(Cc2ccccc2)C(/C=C/C=C/C=C2\N(CCOC=O)c3ccccc3C2(C)C)=[N+](CCC(=O)O)c2c1c1ccccc1c1ccccc21. The van der Waals surface area contributed by atoms with E-state index in [-0.39, 0.29) is 11.8 Å². The summed E-state index contributed by atoms with van der Waals surface area (Å²) in [6, 6.07) is 36.0. The van der Waals surface area contributed by atoms with E-state index in [9.17, 15) is 14.7 Å². The quantitative estimate of drug-likeness (QED) is 0.0470. The first kappa shape index (κ1) is 33.7. The molecule has 6 heteroatoms. The summed E-state index contributed by atoms with van der Waals surface area (Å²) in [4.78, 5) is 25.2. The van der Waals surface area contributed by atoms with Crippen molar-refractivity contribution in [1.29, 1.82) is 0 Å². The molecule has 5 aromatic carbocycles. The zero-order valence-corrected chi connectivity index (χ0v) is 29.4. The van der Waals surface area contributed by atoms with E-state index in [1.165, 1.54) is 27.5 Å². The number of carbonyl (C=O) groups is 2.